The molecule has 108 valence electrons. The van der Waals surface area contributed by atoms with Gasteiger partial charge in [-0.15, -0.1) is 0 Å². The summed E-state index contributed by atoms with van der Waals surface area (Å²) in [5.74, 6) is 0.756. The second kappa shape index (κ2) is 6.63. The lowest BCUT2D eigenvalue weighted by atomic mass is 10.2. The average Bonchev–Trinajstić information content (AvgIpc) is 2.28. The first-order chi connectivity index (χ1) is 8.77. The van der Waals surface area contributed by atoms with Crippen molar-refractivity contribution in [1.29, 1.82) is 0 Å². The van der Waals surface area contributed by atoms with Crippen LogP contribution in [-0.4, -0.2) is 40.6 Å². The van der Waals surface area contributed by atoms with Gasteiger partial charge in [0.1, 0.15) is 0 Å². The molecule has 0 aliphatic carbocycles. The molecule has 0 heterocycles. The molecular formula is C13H22N2O2S2. The van der Waals surface area contributed by atoms with Crippen molar-refractivity contribution in [1.82, 2.24) is 4.72 Å². The van der Waals surface area contributed by atoms with Crippen LogP contribution in [0, 0.1) is 6.92 Å². The molecule has 0 aromatic heterocycles. The molecule has 0 radical (unpaired) electrons. The number of aryl methyl sites for hydroxylation is 1. The zero-order valence-electron chi connectivity index (χ0n) is 12.1. The van der Waals surface area contributed by atoms with Crippen molar-refractivity contribution in [3.05, 3.63) is 23.8 Å². The van der Waals surface area contributed by atoms with E-state index in [0.29, 0.717) is 4.90 Å². The fourth-order valence-corrected chi connectivity index (χ4v) is 3.81. The zero-order valence-corrected chi connectivity index (χ0v) is 13.7. The maximum absolute atomic E-state index is 12.3. The predicted molar refractivity (Wildman–Crippen MR) is 83.7 cm³/mol. The Balaban J connectivity index is 3.05. The molecule has 0 amide bonds. The van der Waals surface area contributed by atoms with E-state index in [2.05, 4.69) is 4.72 Å². The highest BCUT2D eigenvalue weighted by atomic mass is 32.2. The van der Waals surface area contributed by atoms with Gasteiger partial charge in [-0.2, -0.15) is 11.8 Å². The van der Waals surface area contributed by atoms with E-state index in [4.69, 9.17) is 0 Å². The second-order valence-corrected chi connectivity index (χ2v) is 7.45. The Bertz CT molecular complexity index is 527. The van der Waals surface area contributed by atoms with Gasteiger partial charge in [0.15, 0.2) is 0 Å². The molecule has 19 heavy (non-hydrogen) atoms. The highest BCUT2D eigenvalue weighted by molar-refractivity contribution is 7.98. The lowest BCUT2D eigenvalue weighted by molar-refractivity contribution is 0.571. The van der Waals surface area contributed by atoms with Crippen molar-refractivity contribution in [2.24, 2.45) is 0 Å². The van der Waals surface area contributed by atoms with Crippen LogP contribution in [0.3, 0.4) is 0 Å². The summed E-state index contributed by atoms with van der Waals surface area (Å²) in [4.78, 5) is 2.23. The Hall–Kier alpha value is -0.720. The number of anilines is 1. The van der Waals surface area contributed by atoms with E-state index in [0.717, 1.165) is 17.0 Å². The summed E-state index contributed by atoms with van der Waals surface area (Å²) >= 11 is 1.62. The van der Waals surface area contributed by atoms with Gasteiger partial charge in [0, 0.05) is 31.6 Å². The highest BCUT2D eigenvalue weighted by Crippen LogP contribution is 2.22. The lowest BCUT2D eigenvalue weighted by Crippen LogP contribution is -2.34. The van der Waals surface area contributed by atoms with Crippen LogP contribution in [0.25, 0.3) is 0 Å². The predicted octanol–water partition coefficient (Wildman–Crippen LogP) is 2.09. The van der Waals surface area contributed by atoms with E-state index >= 15 is 0 Å². The second-order valence-electron chi connectivity index (χ2n) is 4.82. The summed E-state index contributed by atoms with van der Waals surface area (Å²) in [7, 11) is 0.366. The molecule has 6 heteroatoms. The number of nitrogens with zero attached hydrogens (tertiary/aromatic N) is 1. The molecule has 1 N–H and O–H groups in total. The average molecular weight is 302 g/mol. The minimum Gasteiger partial charge on any atom is -0.377 e. The Morgan fingerprint density at radius 1 is 1.37 bits per heavy atom. The first-order valence-electron chi connectivity index (χ1n) is 6.07. The highest BCUT2D eigenvalue weighted by Gasteiger charge is 2.18. The number of nitrogens with one attached hydrogen (secondary N) is 1. The van der Waals surface area contributed by atoms with Gasteiger partial charge in [0.25, 0.3) is 0 Å². The third kappa shape index (κ3) is 4.40. The Kier molecular flexibility index (Phi) is 5.70. The van der Waals surface area contributed by atoms with Crippen LogP contribution in [0.4, 0.5) is 5.69 Å². The number of rotatable bonds is 6. The van der Waals surface area contributed by atoms with E-state index in [1.54, 1.807) is 23.9 Å². The minimum absolute atomic E-state index is 0.0795. The largest absolute Gasteiger partial charge is 0.377 e. The molecule has 0 aliphatic heterocycles. The number of sulfonamides is 1. The first-order valence-corrected chi connectivity index (χ1v) is 8.95. The normalized spacial score (nSPS) is 13.3. The fraction of sp³-hybridized carbons (Fsp3) is 0.538. The van der Waals surface area contributed by atoms with E-state index < -0.39 is 10.0 Å². The molecule has 0 aliphatic rings. The lowest BCUT2D eigenvalue weighted by Gasteiger charge is -2.18. The van der Waals surface area contributed by atoms with Crippen LogP contribution >= 0.6 is 11.8 Å². The maximum atomic E-state index is 12.3. The van der Waals surface area contributed by atoms with E-state index in [-0.39, 0.29) is 6.04 Å². The van der Waals surface area contributed by atoms with Crippen LogP contribution in [0.1, 0.15) is 12.5 Å². The van der Waals surface area contributed by atoms with Crippen LogP contribution in [0.5, 0.6) is 0 Å². The van der Waals surface area contributed by atoms with Crippen molar-refractivity contribution < 1.29 is 8.42 Å². The Labute approximate surface area is 120 Å². The molecule has 0 fully saturated rings. The molecule has 0 bridgehead atoms. The van der Waals surface area contributed by atoms with E-state index in [1.165, 1.54) is 0 Å². The van der Waals surface area contributed by atoms with Crippen molar-refractivity contribution in [2.75, 3.05) is 31.0 Å². The van der Waals surface area contributed by atoms with E-state index in [1.807, 2.05) is 45.2 Å². The molecule has 1 unspecified atom stereocenters. The number of thioether (sulfide) groups is 1. The zero-order chi connectivity index (χ0) is 14.6. The summed E-state index contributed by atoms with van der Waals surface area (Å²) in [6.07, 6.45) is 1.96. The van der Waals surface area contributed by atoms with Crippen molar-refractivity contribution >= 4 is 27.5 Å². The van der Waals surface area contributed by atoms with Gasteiger partial charge in [-0.3, -0.25) is 0 Å². The molecule has 1 rings (SSSR count). The molecule has 1 aromatic rings. The molecular weight excluding hydrogens is 280 g/mol. The van der Waals surface area contributed by atoms with Crippen LogP contribution in [0.15, 0.2) is 23.1 Å². The van der Waals surface area contributed by atoms with Gasteiger partial charge in [-0.1, -0.05) is 6.07 Å². The van der Waals surface area contributed by atoms with Gasteiger partial charge in [-0.25, -0.2) is 13.1 Å². The van der Waals surface area contributed by atoms with Crippen LogP contribution in [-0.2, 0) is 10.0 Å². The fourth-order valence-electron chi connectivity index (χ4n) is 1.86. The van der Waals surface area contributed by atoms with Crippen molar-refractivity contribution in [3.63, 3.8) is 0 Å². The minimum atomic E-state index is -3.44. The Morgan fingerprint density at radius 2 is 2.00 bits per heavy atom. The summed E-state index contributed by atoms with van der Waals surface area (Å²) < 4.78 is 27.2. The molecule has 0 saturated carbocycles. The monoisotopic (exact) mass is 302 g/mol. The Morgan fingerprint density at radius 3 is 2.53 bits per heavy atom. The quantitative estimate of drug-likeness (QED) is 0.874. The van der Waals surface area contributed by atoms with E-state index in [9.17, 15) is 8.42 Å². The smallest absolute Gasteiger partial charge is 0.240 e. The SMILES string of the molecule is CSCC(C)NS(=O)(=O)c1ccc(C)c(N(C)C)c1. The third-order valence-electron chi connectivity index (χ3n) is 2.75. The van der Waals surface area contributed by atoms with Crippen molar-refractivity contribution in [3.8, 4) is 0 Å². The van der Waals surface area contributed by atoms with Crippen LogP contribution in [0.2, 0.25) is 0 Å². The molecule has 1 atom stereocenters. The van der Waals surface area contributed by atoms with Gasteiger partial charge >= 0.3 is 0 Å². The molecule has 1 aromatic carbocycles. The number of hydrogen-bond acceptors (Lipinski definition) is 4. The molecule has 0 saturated heterocycles. The first kappa shape index (κ1) is 16.3. The molecule has 4 nitrogen and oxygen atoms in total. The van der Waals surface area contributed by atoms with Crippen LogP contribution < -0.4 is 9.62 Å². The number of benzene rings is 1. The topological polar surface area (TPSA) is 49.4 Å². The third-order valence-corrected chi connectivity index (χ3v) is 5.17. The molecule has 0 spiro atoms. The summed E-state index contributed by atoms with van der Waals surface area (Å²) in [6, 6.07) is 5.12. The number of hydrogen-bond donors (Lipinski definition) is 1. The van der Waals surface area contributed by atoms with Gasteiger partial charge in [0.05, 0.1) is 4.90 Å². The summed E-state index contributed by atoms with van der Waals surface area (Å²) in [6.45, 7) is 3.84. The summed E-state index contributed by atoms with van der Waals surface area (Å²) in [5, 5.41) is 0. The standard InChI is InChI=1S/C13H22N2O2S2/c1-10-6-7-12(8-13(10)15(3)4)19(16,17)14-11(2)9-18-5/h6-8,11,14H,9H2,1-5H3. The summed E-state index contributed by atoms with van der Waals surface area (Å²) in [5.41, 5.74) is 1.97. The van der Waals surface area contributed by atoms with Gasteiger partial charge in [0.2, 0.25) is 10.0 Å². The van der Waals surface area contributed by atoms with Gasteiger partial charge in [-0.05, 0) is 37.8 Å². The maximum Gasteiger partial charge on any atom is 0.240 e. The van der Waals surface area contributed by atoms with Crippen molar-refractivity contribution in [2.45, 2.75) is 24.8 Å². The van der Waals surface area contributed by atoms with Gasteiger partial charge < -0.3 is 4.90 Å².